The maximum Gasteiger partial charge on any atom is 0.573 e. The molecule has 0 aliphatic carbocycles. The quantitative estimate of drug-likeness (QED) is 0.583. The lowest BCUT2D eigenvalue weighted by Gasteiger charge is -2.17. The number of hydrogen-bond donors (Lipinski definition) is 1. The Bertz CT molecular complexity index is 1030. The highest BCUT2D eigenvalue weighted by atomic mass is 32.1. The molecule has 0 bridgehead atoms. The first kappa shape index (κ1) is 21.4. The summed E-state index contributed by atoms with van der Waals surface area (Å²) in [5.74, 6) is -0.864. The maximum absolute atomic E-state index is 12.8. The summed E-state index contributed by atoms with van der Waals surface area (Å²) in [4.78, 5) is 26.8. The van der Waals surface area contributed by atoms with E-state index in [9.17, 15) is 22.8 Å². The second-order valence-electron chi connectivity index (χ2n) is 6.41. The Labute approximate surface area is 173 Å². The van der Waals surface area contributed by atoms with Crippen LogP contribution in [0, 0.1) is 6.92 Å². The number of alkyl halides is 3. The average molecular weight is 438 g/mol. The van der Waals surface area contributed by atoms with Gasteiger partial charge in [0.1, 0.15) is 5.75 Å². The molecule has 0 saturated carbocycles. The summed E-state index contributed by atoms with van der Waals surface area (Å²) >= 11 is 1.13. The van der Waals surface area contributed by atoms with Crippen LogP contribution in [-0.2, 0) is 6.54 Å². The van der Waals surface area contributed by atoms with E-state index in [2.05, 4.69) is 10.1 Å². The molecule has 10 heteroatoms. The summed E-state index contributed by atoms with van der Waals surface area (Å²) < 4.78 is 45.6. The second-order valence-corrected chi connectivity index (χ2v) is 7.46. The number of aryl methyl sites for hydroxylation is 1. The fourth-order valence-corrected chi connectivity index (χ4v) is 3.72. The van der Waals surface area contributed by atoms with E-state index in [-0.39, 0.29) is 24.0 Å². The molecule has 3 rings (SSSR count). The topological polar surface area (TPSA) is 71.8 Å². The zero-order chi connectivity index (χ0) is 21.9. The van der Waals surface area contributed by atoms with Crippen molar-refractivity contribution in [1.82, 2.24) is 4.90 Å². The van der Waals surface area contributed by atoms with Crippen LogP contribution in [0.15, 0.2) is 53.1 Å². The van der Waals surface area contributed by atoms with Gasteiger partial charge in [-0.15, -0.1) is 24.5 Å². The van der Waals surface area contributed by atoms with Crippen LogP contribution >= 0.6 is 11.3 Å². The number of nitrogens with one attached hydrogen (secondary N) is 1. The molecule has 1 N–H and O–H groups in total. The van der Waals surface area contributed by atoms with Crippen molar-refractivity contribution >= 4 is 28.2 Å². The molecule has 0 spiro atoms. The van der Waals surface area contributed by atoms with Crippen LogP contribution in [0.5, 0.6) is 5.75 Å². The Morgan fingerprint density at radius 2 is 1.90 bits per heavy atom. The number of amides is 2. The number of carbonyl (C=O) groups excluding carboxylic acids is 2. The Morgan fingerprint density at radius 1 is 1.20 bits per heavy atom. The molecular weight excluding hydrogens is 421 g/mol. The van der Waals surface area contributed by atoms with Gasteiger partial charge in [-0.3, -0.25) is 9.59 Å². The van der Waals surface area contributed by atoms with Gasteiger partial charge >= 0.3 is 6.36 Å². The number of anilines is 1. The highest BCUT2D eigenvalue weighted by Crippen LogP contribution is 2.29. The first-order valence-corrected chi connectivity index (χ1v) is 9.49. The number of furan rings is 1. The standard InChI is InChI=1S/C20H17F3N2O4S/c1-12-10-16(24-18(26)15-4-3-9-28-15)30-17(12)19(27)25(2)11-13-5-7-14(8-6-13)29-20(21,22)23/h3-10H,11H2,1-2H3,(H,24,26). The number of carbonyl (C=O) groups is 2. The van der Waals surface area contributed by atoms with E-state index in [1.165, 1.54) is 41.5 Å². The van der Waals surface area contributed by atoms with Crippen molar-refractivity contribution in [2.45, 2.75) is 19.8 Å². The van der Waals surface area contributed by atoms with Crippen molar-refractivity contribution in [2.24, 2.45) is 0 Å². The smallest absolute Gasteiger partial charge is 0.459 e. The average Bonchev–Trinajstić information content (AvgIpc) is 3.31. The van der Waals surface area contributed by atoms with Crippen LogP contribution in [0.4, 0.5) is 18.2 Å². The minimum absolute atomic E-state index is 0.156. The van der Waals surface area contributed by atoms with E-state index in [1.54, 1.807) is 26.1 Å². The molecule has 1 aromatic carbocycles. The first-order chi connectivity index (χ1) is 14.1. The number of ether oxygens (including phenoxy) is 1. The molecule has 0 saturated heterocycles. The van der Waals surface area contributed by atoms with Gasteiger partial charge in [-0.05, 0) is 48.4 Å². The summed E-state index contributed by atoms with van der Waals surface area (Å²) in [5, 5.41) is 3.18. The number of nitrogens with zero attached hydrogens (tertiary/aromatic N) is 1. The van der Waals surface area contributed by atoms with Crippen molar-refractivity contribution in [3.63, 3.8) is 0 Å². The summed E-state index contributed by atoms with van der Waals surface area (Å²) in [6, 6.07) is 10.1. The third kappa shape index (κ3) is 5.41. The van der Waals surface area contributed by atoms with Gasteiger partial charge in [-0.1, -0.05) is 12.1 Å². The molecule has 6 nitrogen and oxygen atoms in total. The molecule has 158 valence electrons. The molecule has 0 aliphatic heterocycles. The van der Waals surface area contributed by atoms with Crippen LogP contribution in [-0.4, -0.2) is 30.1 Å². The van der Waals surface area contributed by atoms with E-state index in [4.69, 9.17) is 4.42 Å². The molecule has 0 aliphatic rings. The van der Waals surface area contributed by atoms with Crippen molar-refractivity contribution in [3.05, 3.63) is 70.5 Å². The molecule has 3 aromatic rings. The molecule has 2 amide bonds. The Balaban J connectivity index is 1.64. The number of benzene rings is 1. The number of hydrogen-bond acceptors (Lipinski definition) is 5. The third-order valence-electron chi connectivity index (χ3n) is 4.02. The minimum atomic E-state index is -4.75. The molecular formula is C20H17F3N2O4S. The van der Waals surface area contributed by atoms with Gasteiger partial charge in [-0.25, -0.2) is 0 Å². The first-order valence-electron chi connectivity index (χ1n) is 8.68. The molecule has 0 unspecified atom stereocenters. The highest BCUT2D eigenvalue weighted by Gasteiger charge is 2.31. The van der Waals surface area contributed by atoms with E-state index >= 15 is 0 Å². The van der Waals surface area contributed by atoms with Crippen molar-refractivity contribution < 1.29 is 31.9 Å². The van der Waals surface area contributed by atoms with Crippen LogP contribution < -0.4 is 10.1 Å². The second kappa shape index (κ2) is 8.62. The summed E-state index contributed by atoms with van der Waals surface area (Å²) in [5.41, 5.74) is 1.33. The molecule has 0 radical (unpaired) electrons. The molecule has 2 aromatic heterocycles. The molecule has 2 heterocycles. The van der Waals surface area contributed by atoms with Gasteiger partial charge < -0.3 is 19.4 Å². The lowest BCUT2D eigenvalue weighted by Crippen LogP contribution is -2.26. The number of halogens is 3. The van der Waals surface area contributed by atoms with Crippen LogP contribution in [0.25, 0.3) is 0 Å². The molecule has 30 heavy (non-hydrogen) atoms. The van der Waals surface area contributed by atoms with Gasteiger partial charge in [-0.2, -0.15) is 0 Å². The van der Waals surface area contributed by atoms with Crippen molar-refractivity contribution in [3.8, 4) is 5.75 Å². The van der Waals surface area contributed by atoms with Gasteiger partial charge in [0.25, 0.3) is 11.8 Å². The van der Waals surface area contributed by atoms with Crippen LogP contribution in [0.3, 0.4) is 0 Å². The van der Waals surface area contributed by atoms with E-state index in [0.29, 0.717) is 21.0 Å². The zero-order valence-electron chi connectivity index (χ0n) is 15.9. The predicted molar refractivity (Wildman–Crippen MR) is 105 cm³/mol. The Kier molecular flexibility index (Phi) is 6.16. The van der Waals surface area contributed by atoms with Gasteiger partial charge in [0.15, 0.2) is 5.76 Å². The lowest BCUT2D eigenvalue weighted by molar-refractivity contribution is -0.274. The highest BCUT2D eigenvalue weighted by molar-refractivity contribution is 7.18. The SMILES string of the molecule is Cc1cc(NC(=O)c2ccco2)sc1C(=O)N(C)Cc1ccc(OC(F)(F)F)cc1. The van der Waals surface area contributed by atoms with E-state index in [0.717, 1.165) is 11.3 Å². The fourth-order valence-electron chi connectivity index (χ4n) is 2.65. The van der Waals surface area contributed by atoms with Crippen molar-refractivity contribution in [2.75, 3.05) is 12.4 Å². The third-order valence-corrected chi connectivity index (χ3v) is 5.16. The summed E-state index contributed by atoms with van der Waals surface area (Å²) in [6.45, 7) is 1.94. The minimum Gasteiger partial charge on any atom is -0.459 e. The number of thiophene rings is 1. The normalized spacial score (nSPS) is 11.2. The van der Waals surface area contributed by atoms with Gasteiger partial charge in [0.05, 0.1) is 16.1 Å². The summed E-state index contributed by atoms with van der Waals surface area (Å²) in [7, 11) is 1.59. The molecule has 0 fully saturated rings. The zero-order valence-corrected chi connectivity index (χ0v) is 16.8. The van der Waals surface area contributed by atoms with Gasteiger partial charge in [0, 0.05) is 13.6 Å². The van der Waals surface area contributed by atoms with E-state index in [1.807, 2.05) is 0 Å². The van der Waals surface area contributed by atoms with Crippen LogP contribution in [0.1, 0.15) is 31.4 Å². The fraction of sp³-hybridized carbons (Fsp3) is 0.200. The largest absolute Gasteiger partial charge is 0.573 e. The van der Waals surface area contributed by atoms with E-state index < -0.39 is 12.3 Å². The van der Waals surface area contributed by atoms with Gasteiger partial charge in [0.2, 0.25) is 0 Å². The summed E-state index contributed by atoms with van der Waals surface area (Å²) in [6.07, 6.45) is -3.37. The lowest BCUT2D eigenvalue weighted by atomic mass is 10.2. The number of rotatable bonds is 6. The Hall–Kier alpha value is -3.27. The Morgan fingerprint density at radius 3 is 2.50 bits per heavy atom. The predicted octanol–water partition coefficient (Wildman–Crippen LogP) is 5.07. The van der Waals surface area contributed by atoms with Crippen molar-refractivity contribution in [1.29, 1.82) is 0 Å². The maximum atomic E-state index is 12.8. The van der Waals surface area contributed by atoms with Crippen LogP contribution in [0.2, 0.25) is 0 Å². The molecule has 0 atom stereocenters. The monoisotopic (exact) mass is 438 g/mol.